The normalized spacial score (nSPS) is 19.1. The number of para-hydroxylation sites is 1. The highest BCUT2D eigenvalue weighted by Crippen LogP contribution is 2.34. The number of thioether (sulfide) groups is 1. The molecule has 152 valence electrons. The van der Waals surface area contributed by atoms with Crippen molar-refractivity contribution in [1.29, 1.82) is 0 Å². The largest absolute Gasteiger partial charge is 0.356 e. The fourth-order valence-electron chi connectivity index (χ4n) is 3.75. The molecule has 2 heterocycles. The van der Waals surface area contributed by atoms with E-state index >= 15 is 0 Å². The zero-order valence-electron chi connectivity index (χ0n) is 16.5. The van der Waals surface area contributed by atoms with Crippen molar-refractivity contribution in [2.75, 3.05) is 36.8 Å². The van der Waals surface area contributed by atoms with E-state index in [-0.39, 0.29) is 36.5 Å². The summed E-state index contributed by atoms with van der Waals surface area (Å²) < 4.78 is 0. The van der Waals surface area contributed by atoms with Crippen LogP contribution >= 0.6 is 11.8 Å². The van der Waals surface area contributed by atoms with Crippen molar-refractivity contribution >= 4 is 35.2 Å². The molecule has 1 saturated heterocycles. The molecule has 0 radical (unpaired) electrons. The molecule has 1 fully saturated rings. The molecule has 1 atom stereocenters. The molecule has 0 spiro atoms. The number of amides is 3. The van der Waals surface area contributed by atoms with E-state index in [9.17, 15) is 14.4 Å². The summed E-state index contributed by atoms with van der Waals surface area (Å²) in [7, 11) is 0. The van der Waals surface area contributed by atoms with Crippen LogP contribution in [0.15, 0.2) is 29.2 Å². The quantitative estimate of drug-likeness (QED) is 0.793. The Bertz CT molecular complexity index is 725. The third-order valence-corrected chi connectivity index (χ3v) is 6.32. The summed E-state index contributed by atoms with van der Waals surface area (Å²) in [5, 5.41) is 2.92. The Kier molecular flexibility index (Phi) is 7.36. The number of benzene rings is 1. The lowest BCUT2D eigenvalue weighted by Crippen LogP contribution is -2.46. The molecular weight excluding hydrogens is 374 g/mol. The second-order valence-corrected chi connectivity index (χ2v) is 8.47. The standard InChI is InChI=1S/C21H29N3O3S/c1-2-11-22-21(27)16-6-5-12-23(15-16)19(25)9-10-20(26)24-13-14-28-18-8-4-3-7-17(18)24/h3-4,7-8,16H,2,5-6,9-15H2,1H3,(H,22,27). The van der Waals surface area contributed by atoms with Crippen molar-refractivity contribution in [1.82, 2.24) is 10.2 Å². The van der Waals surface area contributed by atoms with Crippen molar-refractivity contribution < 1.29 is 14.4 Å². The molecular formula is C21H29N3O3S. The van der Waals surface area contributed by atoms with E-state index in [4.69, 9.17) is 0 Å². The molecule has 1 aromatic carbocycles. The van der Waals surface area contributed by atoms with Gasteiger partial charge in [-0.2, -0.15) is 0 Å². The van der Waals surface area contributed by atoms with Gasteiger partial charge in [0.05, 0.1) is 11.6 Å². The minimum atomic E-state index is -0.133. The minimum Gasteiger partial charge on any atom is -0.356 e. The predicted molar refractivity (Wildman–Crippen MR) is 111 cm³/mol. The summed E-state index contributed by atoms with van der Waals surface area (Å²) in [6.45, 7) is 4.51. The van der Waals surface area contributed by atoms with Crippen molar-refractivity contribution in [3.05, 3.63) is 24.3 Å². The lowest BCUT2D eigenvalue weighted by atomic mass is 9.96. The Morgan fingerprint density at radius 3 is 2.75 bits per heavy atom. The number of likely N-dealkylation sites (tertiary alicyclic amines) is 1. The fourth-order valence-corrected chi connectivity index (χ4v) is 4.74. The van der Waals surface area contributed by atoms with Crippen LogP contribution in [0.25, 0.3) is 0 Å². The summed E-state index contributed by atoms with van der Waals surface area (Å²) in [6, 6.07) is 7.91. The monoisotopic (exact) mass is 403 g/mol. The lowest BCUT2D eigenvalue weighted by Gasteiger charge is -2.32. The summed E-state index contributed by atoms with van der Waals surface area (Å²) >= 11 is 1.76. The third-order valence-electron chi connectivity index (χ3n) is 5.28. The van der Waals surface area contributed by atoms with Crippen LogP contribution in [0.5, 0.6) is 0 Å². The minimum absolute atomic E-state index is 0.00431. The highest BCUT2D eigenvalue weighted by molar-refractivity contribution is 7.99. The highest BCUT2D eigenvalue weighted by atomic mass is 32.2. The molecule has 0 saturated carbocycles. The summed E-state index contributed by atoms with van der Waals surface area (Å²) in [4.78, 5) is 42.2. The molecule has 6 nitrogen and oxygen atoms in total. The van der Waals surface area contributed by atoms with E-state index in [1.807, 2.05) is 31.2 Å². The highest BCUT2D eigenvalue weighted by Gasteiger charge is 2.29. The molecule has 7 heteroatoms. The van der Waals surface area contributed by atoms with Gasteiger partial charge in [0, 0.05) is 49.7 Å². The van der Waals surface area contributed by atoms with Crippen LogP contribution in [0, 0.1) is 5.92 Å². The van der Waals surface area contributed by atoms with Gasteiger partial charge in [0.25, 0.3) is 0 Å². The number of anilines is 1. The second kappa shape index (κ2) is 9.96. The molecule has 3 amide bonds. The van der Waals surface area contributed by atoms with Crippen molar-refractivity contribution in [2.45, 2.75) is 43.9 Å². The molecule has 3 rings (SSSR count). The van der Waals surface area contributed by atoms with Gasteiger partial charge in [-0.05, 0) is 31.4 Å². The van der Waals surface area contributed by atoms with Crippen molar-refractivity contribution in [3.63, 3.8) is 0 Å². The number of piperidine rings is 1. The maximum atomic E-state index is 12.7. The van der Waals surface area contributed by atoms with Crippen LogP contribution in [0.4, 0.5) is 5.69 Å². The molecule has 0 bridgehead atoms. The first-order valence-electron chi connectivity index (χ1n) is 10.2. The van der Waals surface area contributed by atoms with E-state index in [0.717, 1.165) is 35.6 Å². The van der Waals surface area contributed by atoms with Gasteiger partial charge < -0.3 is 15.1 Å². The zero-order valence-corrected chi connectivity index (χ0v) is 17.3. The van der Waals surface area contributed by atoms with E-state index in [1.54, 1.807) is 21.6 Å². The van der Waals surface area contributed by atoms with Crippen LogP contribution in [0.3, 0.4) is 0 Å². The molecule has 0 aromatic heterocycles. The van der Waals surface area contributed by atoms with Crippen LogP contribution in [-0.2, 0) is 14.4 Å². The Labute approximate surface area is 171 Å². The van der Waals surface area contributed by atoms with Crippen LogP contribution in [0.1, 0.15) is 39.0 Å². The Morgan fingerprint density at radius 1 is 1.14 bits per heavy atom. The van der Waals surface area contributed by atoms with Gasteiger partial charge in [-0.15, -0.1) is 11.8 Å². The van der Waals surface area contributed by atoms with E-state index < -0.39 is 0 Å². The second-order valence-electron chi connectivity index (χ2n) is 7.33. The van der Waals surface area contributed by atoms with Gasteiger partial charge in [0.15, 0.2) is 0 Å². The van der Waals surface area contributed by atoms with Gasteiger partial charge in [-0.25, -0.2) is 0 Å². The first-order valence-corrected chi connectivity index (χ1v) is 11.2. The van der Waals surface area contributed by atoms with E-state index in [2.05, 4.69) is 5.32 Å². The number of nitrogens with zero attached hydrogens (tertiary/aromatic N) is 2. The smallest absolute Gasteiger partial charge is 0.227 e. The van der Waals surface area contributed by atoms with Crippen LogP contribution < -0.4 is 10.2 Å². The lowest BCUT2D eigenvalue weighted by molar-refractivity contribution is -0.137. The van der Waals surface area contributed by atoms with Gasteiger partial charge in [0.2, 0.25) is 17.7 Å². The molecule has 1 aromatic rings. The van der Waals surface area contributed by atoms with E-state index in [1.165, 1.54) is 0 Å². The van der Waals surface area contributed by atoms with Gasteiger partial charge in [-0.1, -0.05) is 19.1 Å². The average Bonchev–Trinajstić information content (AvgIpc) is 2.75. The molecule has 28 heavy (non-hydrogen) atoms. The Morgan fingerprint density at radius 2 is 1.93 bits per heavy atom. The number of fused-ring (bicyclic) bond motifs is 1. The number of hydrogen-bond donors (Lipinski definition) is 1. The number of carbonyl (C=O) groups excluding carboxylic acids is 3. The van der Waals surface area contributed by atoms with Gasteiger partial charge >= 0.3 is 0 Å². The third kappa shape index (κ3) is 5.07. The fraction of sp³-hybridized carbons (Fsp3) is 0.571. The molecule has 2 aliphatic heterocycles. The molecule has 0 aliphatic carbocycles. The zero-order chi connectivity index (χ0) is 19.9. The molecule has 1 unspecified atom stereocenters. The number of nitrogens with one attached hydrogen (secondary N) is 1. The van der Waals surface area contributed by atoms with Gasteiger partial charge in [-0.3, -0.25) is 14.4 Å². The first kappa shape index (κ1) is 20.7. The van der Waals surface area contributed by atoms with Gasteiger partial charge in [0.1, 0.15) is 0 Å². The molecule has 2 aliphatic rings. The average molecular weight is 404 g/mol. The maximum Gasteiger partial charge on any atom is 0.227 e. The summed E-state index contributed by atoms with van der Waals surface area (Å²) in [5.74, 6) is 0.748. The number of hydrogen-bond acceptors (Lipinski definition) is 4. The predicted octanol–water partition coefficient (Wildman–Crippen LogP) is 2.67. The molecule has 1 N–H and O–H groups in total. The number of carbonyl (C=O) groups is 3. The Hall–Kier alpha value is -2.02. The SMILES string of the molecule is CCCNC(=O)C1CCCN(C(=O)CCC(=O)N2CCSc3ccccc32)C1. The van der Waals surface area contributed by atoms with Crippen molar-refractivity contribution in [2.24, 2.45) is 5.92 Å². The topological polar surface area (TPSA) is 69.7 Å². The Balaban J connectivity index is 1.51. The summed E-state index contributed by atoms with van der Waals surface area (Å²) in [5.41, 5.74) is 0.946. The van der Waals surface area contributed by atoms with Crippen LogP contribution in [0.2, 0.25) is 0 Å². The summed E-state index contributed by atoms with van der Waals surface area (Å²) in [6.07, 6.45) is 2.97. The number of rotatable bonds is 6. The maximum absolute atomic E-state index is 12.7. The van der Waals surface area contributed by atoms with Crippen LogP contribution in [-0.4, -0.2) is 54.6 Å². The first-order chi connectivity index (χ1) is 13.6. The van der Waals surface area contributed by atoms with E-state index in [0.29, 0.717) is 26.2 Å². The van der Waals surface area contributed by atoms with Crippen molar-refractivity contribution in [3.8, 4) is 0 Å².